The lowest BCUT2D eigenvalue weighted by molar-refractivity contribution is 0.415. The lowest BCUT2D eigenvalue weighted by Gasteiger charge is -2.07. The molecule has 2 nitrogen and oxygen atoms in total. The summed E-state index contributed by atoms with van der Waals surface area (Å²) in [5.41, 5.74) is 3.84. The largest absolute Gasteiger partial charge is 0.497 e. The molecule has 0 aliphatic heterocycles. The predicted octanol–water partition coefficient (Wildman–Crippen LogP) is 3.61. The summed E-state index contributed by atoms with van der Waals surface area (Å²) < 4.78 is 5.19. The second-order valence-electron chi connectivity index (χ2n) is 5.08. The normalized spacial score (nSPS) is 14.4. The molecule has 2 aromatic rings. The number of benzene rings is 2. The van der Waals surface area contributed by atoms with Crippen LogP contribution in [-0.4, -0.2) is 13.2 Å². The number of nitrogens with one attached hydrogen (secondary N) is 1. The topological polar surface area (TPSA) is 21.3 Å². The standard InChI is InChI=1S/C17H19NO/c1-19-17-9-5-14(6-10-17)15-4-2-3-13(11-15)12-18-16-7-8-16/h2-6,9-11,16,18H,7-8,12H2,1H3. The number of hydrogen-bond donors (Lipinski definition) is 1. The van der Waals surface area contributed by atoms with Crippen LogP contribution in [0.4, 0.5) is 0 Å². The van der Waals surface area contributed by atoms with Crippen LogP contribution in [0.3, 0.4) is 0 Å². The molecule has 19 heavy (non-hydrogen) atoms. The van der Waals surface area contributed by atoms with Crippen molar-refractivity contribution < 1.29 is 4.74 Å². The van der Waals surface area contributed by atoms with Crippen molar-refractivity contribution in [1.82, 2.24) is 5.32 Å². The van der Waals surface area contributed by atoms with Gasteiger partial charge in [-0.15, -0.1) is 0 Å². The average molecular weight is 253 g/mol. The van der Waals surface area contributed by atoms with Crippen molar-refractivity contribution in [2.24, 2.45) is 0 Å². The first-order valence-corrected chi connectivity index (χ1v) is 6.82. The Hall–Kier alpha value is -1.80. The molecule has 0 radical (unpaired) electrons. The number of methoxy groups -OCH3 is 1. The molecule has 0 amide bonds. The molecular weight excluding hydrogens is 234 g/mol. The van der Waals surface area contributed by atoms with E-state index >= 15 is 0 Å². The Morgan fingerprint density at radius 1 is 1.05 bits per heavy atom. The molecule has 1 aliphatic carbocycles. The van der Waals surface area contributed by atoms with Crippen molar-refractivity contribution in [3.63, 3.8) is 0 Å². The van der Waals surface area contributed by atoms with E-state index in [2.05, 4.69) is 41.7 Å². The van der Waals surface area contributed by atoms with Crippen molar-refractivity contribution in [3.05, 3.63) is 54.1 Å². The number of rotatable bonds is 5. The molecule has 0 atom stereocenters. The summed E-state index contributed by atoms with van der Waals surface area (Å²) in [6, 6.07) is 17.7. The average Bonchev–Trinajstić information content (AvgIpc) is 3.30. The van der Waals surface area contributed by atoms with E-state index in [9.17, 15) is 0 Å². The Morgan fingerprint density at radius 2 is 1.84 bits per heavy atom. The molecule has 0 unspecified atom stereocenters. The summed E-state index contributed by atoms with van der Waals surface area (Å²) in [7, 11) is 1.69. The zero-order chi connectivity index (χ0) is 13.1. The minimum atomic E-state index is 0.754. The van der Waals surface area contributed by atoms with E-state index < -0.39 is 0 Å². The maximum absolute atomic E-state index is 5.19. The van der Waals surface area contributed by atoms with Crippen LogP contribution in [0, 0.1) is 0 Å². The van der Waals surface area contributed by atoms with Gasteiger partial charge in [0.05, 0.1) is 7.11 Å². The Bertz CT molecular complexity index is 543. The fourth-order valence-electron chi connectivity index (χ4n) is 2.19. The van der Waals surface area contributed by atoms with Crippen molar-refractivity contribution in [1.29, 1.82) is 0 Å². The third kappa shape index (κ3) is 3.15. The van der Waals surface area contributed by atoms with Gasteiger partial charge in [-0.2, -0.15) is 0 Å². The molecule has 0 bridgehead atoms. The molecular formula is C17H19NO. The molecule has 98 valence electrons. The van der Waals surface area contributed by atoms with Crippen LogP contribution in [0.5, 0.6) is 5.75 Å². The van der Waals surface area contributed by atoms with Crippen LogP contribution in [0.25, 0.3) is 11.1 Å². The summed E-state index contributed by atoms with van der Waals surface area (Å²) in [4.78, 5) is 0. The summed E-state index contributed by atoms with van der Waals surface area (Å²) in [6.07, 6.45) is 2.66. The highest BCUT2D eigenvalue weighted by Crippen LogP contribution is 2.24. The highest BCUT2D eigenvalue weighted by atomic mass is 16.5. The van der Waals surface area contributed by atoms with Gasteiger partial charge in [-0.05, 0) is 47.7 Å². The lowest BCUT2D eigenvalue weighted by atomic mass is 10.0. The maximum atomic E-state index is 5.19. The van der Waals surface area contributed by atoms with Crippen molar-refractivity contribution in [2.45, 2.75) is 25.4 Å². The molecule has 0 aromatic heterocycles. The van der Waals surface area contributed by atoms with Gasteiger partial charge in [-0.1, -0.05) is 30.3 Å². The first-order chi connectivity index (χ1) is 9.35. The van der Waals surface area contributed by atoms with Crippen LogP contribution < -0.4 is 10.1 Å². The Balaban J connectivity index is 1.76. The molecule has 1 aliphatic rings. The summed E-state index contributed by atoms with van der Waals surface area (Å²) in [5, 5.41) is 3.55. The summed E-state index contributed by atoms with van der Waals surface area (Å²) >= 11 is 0. The fraction of sp³-hybridized carbons (Fsp3) is 0.294. The zero-order valence-corrected chi connectivity index (χ0v) is 11.2. The van der Waals surface area contributed by atoms with E-state index in [-0.39, 0.29) is 0 Å². The molecule has 0 saturated heterocycles. The van der Waals surface area contributed by atoms with Gasteiger partial charge in [0.2, 0.25) is 0 Å². The van der Waals surface area contributed by atoms with Gasteiger partial charge >= 0.3 is 0 Å². The third-order valence-electron chi connectivity index (χ3n) is 3.52. The maximum Gasteiger partial charge on any atom is 0.118 e. The molecule has 1 saturated carbocycles. The molecule has 0 heterocycles. The molecule has 0 spiro atoms. The van der Waals surface area contributed by atoms with E-state index in [1.165, 1.54) is 29.5 Å². The predicted molar refractivity (Wildman–Crippen MR) is 78.3 cm³/mol. The van der Waals surface area contributed by atoms with Gasteiger partial charge in [0.15, 0.2) is 0 Å². The monoisotopic (exact) mass is 253 g/mol. The van der Waals surface area contributed by atoms with E-state index in [1.807, 2.05) is 12.1 Å². The van der Waals surface area contributed by atoms with Crippen molar-refractivity contribution in [3.8, 4) is 16.9 Å². The molecule has 2 heteroatoms. The van der Waals surface area contributed by atoms with Crippen LogP contribution >= 0.6 is 0 Å². The fourth-order valence-corrected chi connectivity index (χ4v) is 2.19. The van der Waals surface area contributed by atoms with Crippen LogP contribution in [0.2, 0.25) is 0 Å². The van der Waals surface area contributed by atoms with E-state index in [4.69, 9.17) is 4.74 Å². The molecule has 3 rings (SSSR count). The van der Waals surface area contributed by atoms with Gasteiger partial charge in [0.25, 0.3) is 0 Å². The second-order valence-corrected chi connectivity index (χ2v) is 5.08. The summed E-state index contributed by atoms with van der Waals surface area (Å²) in [6.45, 7) is 0.967. The van der Waals surface area contributed by atoms with Gasteiger partial charge in [0, 0.05) is 12.6 Å². The SMILES string of the molecule is COc1ccc(-c2cccc(CNC3CC3)c2)cc1. The Labute approximate surface area is 114 Å². The Morgan fingerprint density at radius 3 is 2.53 bits per heavy atom. The number of ether oxygens (including phenoxy) is 1. The summed E-state index contributed by atoms with van der Waals surface area (Å²) in [5.74, 6) is 0.898. The van der Waals surface area contributed by atoms with Crippen LogP contribution in [-0.2, 0) is 6.54 Å². The quantitative estimate of drug-likeness (QED) is 0.878. The van der Waals surface area contributed by atoms with Gasteiger partial charge in [0.1, 0.15) is 5.75 Å². The van der Waals surface area contributed by atoms with Crippen LogP contribution in [0.1, 0.15) is 18.4 Å². The minimum absolute atomic E-state index is 0.754. The van der Waals surface area contributed by atoms with Gasteiger partial charge in [-0.25, -0.2) is 0 Å². The second kappa shape index (κ2) is 5.45. The highest BCUT2D eigenvalue weighted by Gasteiger charge is 2.19. The van der Waals surface area contributed by atoms with Crippen LogP contribution in [0.15, 0.2) is 48.5 Å². The smallest absolute Gasteiger partial charge is 0.118 e. The lowest BCUT2D eigenvalue weighted by Crippen LogP contribution is -2.15. The van der Waals surface area contributed by atoms with Gasteiger partial charge in [-0.3, -0.25) is 0 Å². The van der Waals surface area contributed by atoms with Crippen molar-refractivity contribution >= 4 is 0 Å². The molecule has 1 fully saturated rings. The van der Waals surface area contributed by atoms with E-state index in [0.717, 1.165) is 18.3 Å². The minimum Gasteiger partial charge on any atom is -0.497 e. The number of hydrogen-bond acceptors (Lipinski definition) is 2. The molecule has 2 aromatic carbocycles. The van der Waals surface area contributed by atoms with Crippen molar-refractivity contribution in [2.75, 3.05) is 7.11 Å². The van der Waals surface area contributed by atoms with E-state index in [0.29, 0.717) is 0 Å². The third-order valence-corrected chi connectivity index (χ3v) is 3.52. The first kappa shape index (κ1) is 12.2. The molecule has 1 N–H and O–H groups in total. The zero-order valence-electron chi connectivity index (χ0n) is 11.2. The highest BCUT2D eigenvalue weighted by molar-refractivity contribution is 5.64. The first-order valence-electron chi connectivity index (χ1n) is 6.82. The van der Waals surface area contributed by atoms with E-state index in [1.54, 1.807) is 7.11 Å². The van der Waals surface area contributed by atoms with Gasteiger partial charge < -0.3 is 10.1 Å². The Kier molecular flexibility index (Phi) is 3.51.